The molecular formula is C52H59FN4O13. The van der Waals surface area contributed by atoms with Crippen molar-refractivity contribution in [2.75, 3.05) is 46.0 Å². The molecule has 2 aliphatic carbocycles. The predicted molar refractivity (Wildman–Crippen MR) is 257 cm³/mol. The number of carbonyl (C=O) groups excluding carboxylic acids is 2. The Kier molecular flexibility index (Phi) is 17.1. The molecule has 0 aromatic heterocycles. The van der Waals surface area contributed by atoms with Crippen molar-refractivity contribution in [1.29, 1.82) is 0 Å². The zero-order chi connectivity index (χ0) is 49.8. The highest BCUT2D eigenvalue weighted by Gasteiger charge is 2.66. The van der Waals surface area contributed by atoms with Crippen LogP contribution in [0.5, 0.6) is 28.7 Å². The number of methoxy groups -OCH3 is 2. The largest absolute Gasteiger partial charge is 0.497 e. The molecule has 70 heavy (non-hydrogen) atoms. The Bertz CT molecular complexity index is 2540. The van der Waals surface area contributed by atoms with Crippen molar-refractivity contribution in [3.05, 3.63) is 136 Å². The van der Waals surface area contributed by atoms with Crippen molar-refractivity contribution in [3.8, 4) is 28.7 Å². The second-order valence-corrected chi connectivity index (χ2v) is 17.1. The lowest BCUT2D eigenvalue weighted by Crippen LogP contribution is -2.70. The highest BCUT2D eigenvalue weighted by atomic mass is 19.1. The Morgan fingerprint density at radius 3 is 2.33 bits per heavy atom. The molecule has 6 atom stereocenters. The minimum atomic E-state index is -1.71. The number of allylic oxidation sites excluding steroid dienone is 1. The van der Waals surface area contributed by atoms with Gasteiger partial charge >= 0.3 is 12.2 Å². The Hall–Kier alpha value is -7.02. The van der Waals surface area contributed by atoms with E-state index < -0.39 is 46.6 Å². The summed E-state index contributed by atoms with van der Waals surface area (Å²) in [5.74, 6) is -2.16. The van der Waals surface area contributed by atoms with E-state index >= 15 is 0 Å². The predicted octanol–water partition coefficient (Wildman–Crippen LogP) is 9.72. The van der Waals surface area contributed by atoms with Gasteiger partial charge in [0, 0.05) is 55.9 Å². The smallest absolute Gasteiger partial charge is 0.417 e. The van der Waals surface area contributed by atoms with Gasteiger partial charge in [0.2, 0.25) is 5.79 Å². The molecule has 1 aliphatic heterocycles. The fourth-order valence-corrected chi connectivity index (χ4v) is 9.88. The summed E-state index contributed by atoms with van der Waals surface area (Å²) < 4.78 is 51.5. The van der Waals surface area contributed by atoms with E-state index in [2.05, 4.69) is 18.0 Å². The normalized spacial score (nSPS) is 21.5. The number of anilines is 1. The number of hydrogen-bond donors (Lipinski definition) is 3. The van der Waals surface area contributed by atoms with Gasteiger partial charge in [0.05, 0.1) is 43.1 Å². The number of carbonyl (C=O) groups is 2. The molecule has 3 aliphatic rings. The maximum Gasteiger partial charge on any atom is 0.417 e. The molecule has 0 unspecified atom stereocenters. The van der Waals surface area contributed by atoms with Gasteiger partial charge in [-0.3, -0.25) is 20.3 Å². The first kappa shape index (κ1) is 50.8. The summed E-state index contributed by atoms with van der Waals surface area (Å²) in [5, 5.41) is 38.9. The van der Waals surface area contributed by atoms with Crippen LogP contribution < -0.4 is 29.0 Å². The van der Waals surface area contributed by atoms with E-state index in [1.807, 2.05) is 0 Å². The van der Waals surface area contributed by atoms with E-state index in [-0.39, 0.29) is 68.4 Å². The van der Waals surface area contributed by atoms with E-state index in [1.165, 1.54) is 55.5 Å². The van der Waals surface area contributed by atoms with Crippen LogP contribution in [0.15, 0.2) is 114 Å². The standard InChI is InChI=1S/C52H59FN4O13/c1-5-27-66-52-47(56(32-33-13-15-35(53)16-14-33)51(61)69-37-19-17-36(18-20-37)57(62)63)31-44(55-67-6-2)41-28-34(11-7-9-25-58)40(12-8-10-26-59)48(49(41)52)42-29-39(22-24-45(42)70-52)68-50(60)54-43-23-21-38(64-3)30-46(43)65-4/h5,13-24,28-30,34,40,47-49,58-59H,1,6-12,25-27,31-32H2,2-4H3,(H,54,60)/t34-,40+,47-,48+,49+,52+/m0/s1. The fourth-order valence-electron chi connectivity index (χ4n) is 9.88. The number of nitro benzene ring substituents is 1. The molecule has 1 heterocycles. The summed E-state index contributed by atoms with van der Waals surface area (Å²) >= 11 is 0. The van der Waals surface area contributed by atoms with Gasteiger partial charge in [-0.2, -0.15) is 0 Å². The third-order valence-corrected chi connectivity index (χ3v) is 12.9. The van der Waals surface area contributed by atoms with Gasteiger partial charge in [0.15, 0.2) is 0 Å². The number of hydrogen-bond acceptors (Lipinski definition) is 14. The molecule has 372 valence electrons. The van der Waals surface area contributed by atoms with Gasteiger partial charge in [-0.05, 0) is 110 Å². The number of ether oxygens (including phenoxy) is 6. The first-order chi connectivity index (χ1) is 34.0. The van der Waals surface area contributed by atoms with E-state index in [0.29, 0.717) is 78.3 Å². The lowest BCUT2D eigenvalue weighted by atomic mass is 9.55. The van der Waals surface area contributed by atoms with Crippen LogP contribution in [0.2, 0.25) is 0 Å². The monoisotopic (exact) mass is 966 g/mol. The van der Waals surface area contributed by atoms with Crippen LogP contribution in [0, 0.1) is 33.7 Å². The number of nitrogens with one attached hydrogen (secondary N) is 1. The average Bonchev–Trinajstić information content (AvgIpc) is 3.36. The third kappa shape index (κ3) is 11.4. The summed E-state index contributed by atoms with van der Waals surface area (Å²) in [4.78, 5) is 46.8. The summed E-state index contributed by atoms with van der Waals surface area (Å²) in [5.41, 5.74) is 2.66. The minimum absolute atomic E-state index is 0.0162. The molecule has 2 amide bonds. The molecule has 0 saturated heterocycles. The molecule has 7 rings (SSSR count). The van der Waals surface area contributed by atoms with Crippen molar-refractivity contribution >= 4 is 29.3 Å². The van der Waals surface area contributed by atoms with Crippen molar-refractivity contribution in [2.45, 2.75) is 76.2 Å². The number of unbranched alkanes of at least 4 members (excludes halogenated alkanes) is 2. The summed E-state index contributed by atoms with van der Waals surface area (Å²) in [6, 6.07) is 19.7. The Labute approximate surface area is 405 Å². The number of oxime groups is 1. The number of aliphatic hydroxyl groups is 2. The molecular weight excluding hydrogens is 908 g/mol. The van der Waals surface area contributed by atoms with Crippen LogP contribution in [0.25, 0.3) is 0 Å². The highest BCUT2D eigenvalue weighted by molar-refractivity contribution is 6.03. The van der Waals surface area contributed by atoms with E-state index in [0.717, 1.165) is 5.57 Å². The molecule has 4 aromatic rings. The summed E-state index contributed by atoms with van der Waals surface area (Å²) in [6.07, 6.45) is 5.94. The average molecular weight is 967 g/mol. The van der Waals surface area contributed by atoms with Crippen molar-refractivity contribution in [2.24, 2.45) is 22.9 Å². The SMILES string of the molecule is C=CCO[C@@]12Oc3ccc(OC(=O)Nc4ccc(OC)cc4OC)cc3[C@H]3[C@H](CCCCO)[C@@H](CCCCO)C=C(C(=NOCC)C[C@@H]1N(Cc1ccc(F)cc1)C(=O)Oc1ccc([N+](=O)[O-])cc1)[C@H]32. The number of non-ortho nitro benzene ring substituents is 1. The zero-order valence-corrected chi connectivity index (χ0v) is 39.4. The summed E-state index contributed by atoms with van der Waals surface area (Å²) in [7, 11) is 2.99. The third-order valence-electron chi connectivity index (χ3n) is 12.9. The van der Waals surface area contributed by atoms with E-state index in [4.69, 9.17) is 38.4 Å². The number of rotatable bonds is 22. The highest BCUT2D eigenvalue weighted by Crippen LogP contribution is 2.62. The van der Waals surface area contributed by atoms with Crippen LogP contribution in [-0.2, 0) is 16.1 Å². The molecule has 0 radical (unpaired) electrons. The molecule has 0 bridgehead atoms. The van der Waals surface area contributed by atoms with Crippen LogP contribution >= 0.6 is 0 Å². The van der Waals surface area contributed by atoms with Crippen molar-refractivity contribution < 1.29 is 62.4 Å². The quantitative estimate of drug-likeness (QED) is 0.0290. The molecule has 1 fully saturated rings. The van der Waals surface area contributed by atoms with E-state index in [1.54, 1.807) is 61.5 Å². The number of aliphatic hydroxyl groups excluding tert-OH is 2. The van der Waals surface area contributed by atoms with Crippen LogP contribution in [0.3, 0.4) is 0 Å². The van der Waals surface area contributed by atoms with Gasteiger partial charge in [-0.25, -0.2) is 14.0 Å². The first-order valence-electron chi connectivity index (χ1n) is 23.4. The van der Waals surface area contributed by atoms with Crippen LogP contribution in [0.4, 0.5) is 25.4 Å². The van der Waals surface area contributed by atoms with E-state index in [9.17, 15) is 34.3 Å². The molecule has 0 spiro atoms. The lowest BCUT2D eigenvalue weighted by molar-refractivity contribution is -0.384. The number of fused-ring (bicyclic) bond motifs is 2. The topological polar surface area (TPSA) is 210 Å². The number of benzene rings is 4. The lowest BCUT2D eigenvalue weighted by Gasteiger charge is -2.59. The number of halogens is 1. The molecule has 1 saturated carbocycles. The van der Waals surface area contributed by atoms with Gasteiger partial charge < -0.3 is 43.5 Å². The maximum absolute atomic E-state index is 15.0. The zero-order valence-electron chi connectivity index (χ0n) is 39.4. The number of amides is 2. The second kappa shape index (κ2) is 23.5. The van der Waals surface area contributed by atoms with Gasteiger partial charge in [0.25, 0.3) is 5.69 Å². The Balaban J connectivity index is 1.41. The van der Waals surface area contributed by atoms with Crippen molar-refractivity contribution in [3.63, 3.8) is 0 Å². The number of nitro groups is 1. The second-order valence-electron chi connectivity index (χ2n) is 17.1. The first-order valence-corrected chi connectivity index (χ1v) is 23.4. The van der Waals surface area contributed by atoms with Crippen molar-refractivity contribution in [1.82, 2.24) is 4.90 Å². The van der Waals surface area contributed by atoms with Gasteiger partial charge in [-0.1, -0.05) is 42.3 Å². The molecule has 3 N–H and O–H groups in total. The fraction of sp³-hybridized carbons (Fsp3) is 0.404. The van der Waals surface area contributed by atoms with Crippen LogP contribution in [-0.4, -0.2) is 90.4 Å². The molecule has 4 aromatic carbocycles. The maximum atomic E-state index is 15.0. The van der Waals surface area contributed by atoms with Crippen LogP contribution in [0.1, 0.15) is 68.9 Å². The summed E-state index contributed by atoms with van der Waals surface area (Å²) in [6.45, 7) is 5.84. The van der Waals surface area contributed by atoms with Gasteiger partial charge in [0.1, 0.15) is 47.2 Å². The number of nitrogens with zero attached hydrogens (tertiary/aromatic N) is 3. The van der Waals surface area contributed by atoms with Gasteiger partial charge in [-0.15, -0.1) is 6.58 Å². The Morgan fingerprint density at radius 2 is 1.66 bits per heavy atom. The minimum Gasteiger partial charge on any atom is -0.497 e. The molecule has 17 nitrogen and oxygen atoms in total. The molecule has 18 heteroatoms. The Morgan fingerprint density at radius 1 is 0.943 bits per heavy atom.